The van der Waals surface area contributed by atoms with E-state index in [0.717, 1.165) is 22.6 Å². The van der Waals surface area contributed by atoms with Gasteiger partial charge in [0.1, 0.15) is 5.75 Å². The lowest BCUT2D eigenvalue weighted by Crippen LogP contribution is -2.17. The Labute approximate surface area is 158 Å². The highest BCUT2D eigenvalue weighted by Gasteiger charge is 2.18. The zero-order chi connectivity index (χ0) is 19.6. The molecule has 3 rings (SSSR count). The molecule has 138 valence electrons. The number of ether oxygens (including phenoxy) is 1. The summed E-state index contributed by atoms with van der Waals surface area (Å²) in [5.41, 5.74) is 10.2. The maximum atomic E-state index is 12.7. The normalized spacial score (nSPS) is 10.6. The molecule has 0 spiro atoms. The van der Waals surface area contributed by atoms with Gasteiger partial charge >= 0.3 is 0 Å². The number of aryl methyl sites for hydroxylation is 2. The van der Waals surface area contributed by atoms with Gasteiger partial charge in [-0.05, 0) is 56.7 Å². The zero-order valence-electron chi connectivity index (χ0n) is 15.7. The van der Waals surface area contributed by atoms with E-state index in [1.165, 1.54) is 0 Å². The van der Waals surface area contributed by atoms with Gasteiger partial charge < -0.3 is 15.0 Å². The van der Waals surface area contributed by atoms with E-state index in [-0.39, 0.29) is 18.0 Å². The van der Waals surface area contributed by atoms with E-state index in [1.54, 1.807) is 24.3 Å². The fourth-order valence-electron chi connectivity index (χ4n) is 3.23. The predicted molar refractivity (Wildman–Crippen MR) is 105 cm³/mol. The lowest BCUT2D eigenvalue weighted by molar-refractivity contribution is 0.0911. The fourth-order valence-corrected chi connectivity index (χ4v) is 3.23. The van der Waals surface area contributed by atoms with Crippen molar-refractivity contribution in [2.75, 3.05) is 6.61 Å². The Morgan fingerprint density at radius 1 is 0.963 bits per heavy atom. The molecule has 2 aromatic carbocycles. The van der Waals surface area contributed by atoms with Gasteiger partial charge in [-0.3, -0.25) is 9.59 Å². The Morgan fingerprint density at radius 3 is 2.41 bits per heavy atom. The van der Waals surface area contributed by atoms with Crippen LogP contribution in [0.25, 0.3) is 5.69 Å². The standard InChI is InChI=1S/C22H22N2O3/c1-14-7-6-8-17(11-14)24-15(2)12-19(16(24)3)20(25)13-27-21-10-5-4-9-18(21)22(23)26/h4-12H,13H2,1-3H3,(H2,23,26). The van der Waals surface area contributed by atoms with E-state index in [9.17, 15) is 9.59 Å². The van der Waals surface area contributed by atoms with Crippen LogP contribution in [0.2, 0.25) is 0 Å². The number of ketones is 1. The molecule has 27 heavy (non-hydrogen) atoms. The number of nitrogens with two attached hydrogens (primary N) is 1. The van der Waals surface area contributed by atoms with E-state index in [2.05, 4.69) is 10.6 Å². The Kier molecular flexibility index (Phi) is 5.12. The molecule has 0 saturated carbocycles. The van der Waals surface area contributed by atoms with Gasteiger partial charge in [-0.15, -0.1) is 0 Å². The van der Waals surface area contributed by atoms with E-state index < -0.39 is 5.91 Å². The molecule has 3 aromatic rings. The van der Waals surface area contributed by atoms with Crippen molar-refractivity contribution in [2.45, 2.75) is 20.8 Å². The van der Waals surface area contributed by atoms with Crippen molar-refractivity contribution in [3.8, 4) is 11.4 Å². The monoisotopic (exact) mass is 362 g/mol. The molecule has 0 aliphatic carbocycles. The van der Waals surface area contributed by atoms with Gasteiger partial charge in [0.15, 0.2) is 6.61 Å². The molecule has 0 saturated heterocycles. The third-order valence-corrected chi connectivity index (χ3v) is 4.50. The number of para-hydroxylation sites is 1. The van der Waals surface area contributed by atoms with Crippen molar-refractivity contribution in [3.63, 3.8) is 0 Å². The second-order valence-corrected chi connectivity index (χ2v) is 6.53. The Morgan fingerprint density at radius 2 is 1.70 bits per heavy atom. The average Bonchev–Trinajstić information content (AvgIpc) is 2.94. The van der Waals surface area contributed by atoms with E-state index in [0.29, 0.717) is 11.3 Å². The summed E-state index contributed by atoms with van der Waals surface area (Å²) in [6, 6.07) is 16.6. The van der Waals surface area contributed by atoms with Crippen LogP contribution in [-0.2, 0) is 0 Å². The number of hydrogen-bond acceptors (Lipinski definition) is 3. The van der Waals surface area contributed by atoms with Crippen molar-refractivity contribution in [2.24, 2.45) is 5.73 Å². The van der Waals surface area contributed by atoms with Crippen LogP contribution in [0.5, 0.6) is 5.75 Å². The first kappa shape index (κ1) is 18.5. The average molecular weight is 362 g/mol. The van der Waals surface area contributed by atoms with Crippen LogP contribution in [0.4, 0.5) is 0 Å². The van der Waals surface area contributed by atoms with Gasteiger partial charge in [0.25, 0.3) is 5.91 Å². The molecule has 0 bridgehead atoms. The number of carbonyl (C=O) groups excluding carboxylic acids is 2. The molecular formula is C22H22N2O3. The zero-order valence-corrected chi connectivity index (χ0v) is 15.7. The van der Waals surface area contributed by atoms with Gasteiger partial charge in [-0.1, -0.05) is 24.3 Å². The number of Topliss-reactive ketones (excluding diaryl/α,β-unsaturated/α-hetero) is 1. The molecule has 1 amide bonds. The van der Waals surface area contributed by atoms with Crippen LogP contribution in [0.1, 0.15) is 37.7 Å². The molecule has 0 aliphatic rings. The summed E-state index contributed by atoms with van der Waals surface area (Å²) < 4.78 is 7.64. The maximum absolute atomic E-state index is 12.7. The predicted octanol–water partition coefficient (Wildman–Crippen LogP) is 3.76. The number of aromatic nitrogens is 1. The minimum atomic E-state index is -0.587. The first-order chi connectivity index (χ1) is 12.9. The second-order valence-electron chi connectivity index (χ2n) is 6.53. The lowest BCUT2D eigenvalue weighted by Gasteiger charge is -2.11. The van der Waals surface area contributed by atoms with Crippen LogP contribution in [0.15, 0.2) is 54.6 Å². The quantitative estimate of drug-likeness (QED) is 0.679. The van der Waals surface area contributed by atoms with Crippen molar-refractivity contribution >= 4 is 11.7 Å². The maximum Gasteiger partial charge on any atom is 0.252 e. The van der Waals surface area contributed by atoms with Crippen LogP contribution < -0.4 is 10.5 Å². The summed E-state index contributed by atoms with van der Waals surface area (Å²) in [5, 5.41) is 0. The van der Waals surface area contributed by atoms with Crippen LogP contribution in [-0.4, -0.2) is 22.9 Å². The van der Waals surface area contributed by atoms with Crippen LogP contribution in [0, 0.1) is 20.8 Å². The second kappa shape index (κ2) is 7.50. The number of amides is 1. The summed E-state index contributed by atoms with van der Waals surface area (Å²) in [7, 11) is 0. The number of benzene rings is 2. The lowest BCUT2D eigenvalue weighted by atomic mass is 10.1. The number of nitrogens with zero attached hydrogens (tertiary/aromatic N) is 1. The van der Waals surface area contributed by atoms with Crippen molar-refractivity contribution in [1.82, 2.24) is 4.57 Å². The Balaban J connectivity index is 1.85. The molecule has 2 N–H and O–H groups in total. The van der Waals surface area contributed by atoms with Gasteiger partial charge in [0, 0.05) is 22.6 Å². The Hall–Kier alpha value is -3.34. The number of primary amides is 1. The first-order valence-corrected chi connectivity index (χ1v) is 8.69. The van der Waals surface area contributed by atoms with Crippen molar-refractivity contribution < 1.29 is 14.3 Å². The van der Waals surface area contributed by atoms with E-state index >= 15 is 0 Å². The molecule has 0 unspecified atom stereocenters. The van der Waals surface area contributed by atoms with Crippen molar-refractivity contribution in [3.05, 3.63) is 82.7 Å². The molecule has 5 nitrogen and oxygen atoms in total. The molecule has 0 radical (unpaired) electrons. The highest BCUT2D eigenvalue weighted by molar-refractivity contribution is 5.99. The largest absolute Gasteiger partial charge is 0.485 e. The molecule has 5 heteroatoms. The molecule has 1 heterocycles. The molecule has 1 aromatic heterocycles. The molecule has 0 fully saturated rings. The van der Waals surface area contributed by atoms with Crippen molar-refractivity contribution in [1.29, 1.82) is 0 Å². The molecule has 0 aliphatic heterocycles. The summed E-state index contributed by atoms with van der Waals surface area (Å²) in [4.78, 5) is 24.2. The topological polar surface area (TPSA) is 74.3 Å². The van der Waals surface area contributed by atoms with Gasteiger partial charge in [-0.25, -0.2) is 0 Å². The van der Waals surface area contributed by atoms with Crippen LogP contribution in [0.3, 0.4) is 0 Å². The Bertz CT molecular complexity index is 1020. The minimum absolute atomic E-state index is 0.152. The SMILES string of the molecule is Cc1cccc(-n2c(C)cc(C(=O)COc3ccccc3C(N)=O)c2C)c1. The fraction of sp³-hybridized carbons (Fsp3) is 0.182. The summed E-state index contributed by atoms with van der Waals surface area (Å²) >= 11 is 0. The van der Waals surface area contributed by atoms with E-state index in [1.807, 2.05) is 45.0 Å². The highest BCUT2D eigenvalue weighted by atomic mass is 16.5. The molecular weight excluding hydrogens is 340 g/mol. The van der Waals surface area contributed by atoms with E-state index in [4.69, 9.17) is 10.5 Å². The first-order valence-electron chi connectivity index (χ1n) is 8.69. The smallest absolute Gasteiger partial charge is 0.252 e. The number of hydrogen-bond donors (Lipinski definition) is 1. The van der Waals surface area contributed by atoms with Crippen LogP contribution >= 0.6 is 0 Å². The summed E-state index contributed by atoms with van der Waals surface area (Å²) in [6.07, 6.45) is 0. The minimum Gasteiger partial charge on any atom is -0.485 e. The number of rotatable bonds is 6. The molecule has 0 atom stereocenters. The van der Waals surface area contributed by atoms with Gasteiger partial charge in [0.2, 0.25) is 5.78 Å². The summed E-state index contributed by atoms with van der Waals surface area (Å²) in [6.45, 7) is 5.76. The number of carbonyl (C=O) groups is 2. The highest BCUT2D eigenvalue weighted by Crippen LogP contribution is 2.23. The van der Waals surface area contributed by atoms with Gasteiger partial charge in [-0.2, -0.15) is 0 Å². The summed E-state index contributed by atoms with van der Waals surface area (Å²) in [5.74, 6) is -0.428. The third-order valence-electron chi connectivity index (χ3n) is 4.50. The third kappa shape index (κ3) is 3.77. The van der Waals surface area contributed by atoms with Gasteiger partial charge in [0.05, 0.1) is 5.56 Å².